The topological polar surface area (TPSA) is 17.8 Å². The summed E-state index contributed by atoms with van der Waals surface area (Å²) in [6.07, 6.45) is 4.38. The van der Waals surface area contributed by atoms with E-state index in [1.54, 1.807) is 0 Å². The van der Waals surface area contributed by atoms with Gasteiger partial charge in [-0.15, -0.1) is 0 Å². The van der Waals surface area contributed by atoms with Crippen LogP contribution in [0.1, 0.15) is 29.2 Å². The van der Waals surface area contributed by atoms with E-state index in [1.165, 1.54) is 28.2 Å². The predicted octanol–water partition coefficient (Wildman–Crippen LogP) is 4.67. The summed E-state index contributed by atoms with van der Waals surface area (Å²) in [6.45, 7) is 2.08. The fourth-order valence-corrected chi connectivity index (χ4v) is 3.21. The van der Waals surface area contributed by atoms with Gasteiger partial charge >= 0.3 is 0 Å². The van der Waals surface area contributed by atoms with Gasteiger partial charge in [0.05, 0.1) is 11.4 Å². The average molecular weight is 286 g/mol. The molecule has 0 saturated carbocycles. The Morgan fingerprint density at radius 1 is 0.864 bits per heavy atom. The van der Waals surface area contributed by atoms with Crippen molar-refractivity contribution in [2.75, 3.05) is 0 Å². The molecule has 1 aliphatic carbocycles. The fraction of sp³-hybridized carbons (Fsp3) is 0.150. The SMILES string of the molecule is Cc1nc2c(n1-c1ccccc1)C=C(c1ccccc1)CC2. The minimum absolute atomic E-state index is 1.01. The molecule has 0 spiro atoms. The molecular formula is C20H18N2. The maximum atomic E-state index is 4.77. The highest BCUT2D eigenvalue weighted by molar-refractivity contribution is 5.83. The first-order valence-electron chi connectivity index (χ1n) is 7.72. The molecule has 0 bridgehead atoms. The summed E-state index contributed by atoms with van der Waals surface area (Å²) < 4.78 is 2.26. The third-order valence-electron chi connectivity index (χ3n) is 4.26. The number of fused-ring (bicyclic) bond motifs is 1. The highest BCUT2D eigenvalue weighted by atomic mass is 15.1. The summed E-state index contributed by atoms with van der Waals surface area (Å²) in [5.41, 5.74) is 6.32. The zero-order valence-corrected chi connectivity index (χ0v) is 12.7. The van der Waals surface area contributed by atoms with Gasteiger partial charge in [-0.1, -0.05) is 48.5 Å². The molecule has 4 rings (SSSR count). The highest BCUT2D eigenvalue weighted by Gasteiger charge is 2.19. The van der Waals surface area contributed by atoms with Gasteiger partial charge in [-0.05, 0) is 49.1 Å². The number of imidazole rings is 1. The second kappa shape index (κ2) is 5.30. The quantitative estimate of drug-likeness (QED) is 0.669. The molecule has 108 valence electrons. The van der Waals surface area contributed by atoms with Crippen molar-refractivity contribution in [1.82, 2.24) is 9.55 Å². The molecule has 3 aromatic rings. The third kappa shape index (κ3) is 2.17. The van der Waals surface area contributed by atoms with Gasteiger partial charge in [0.2, 0.25) is 0 Å². The molecular weight excluding hydrogens is 268 g/mol. The van der Waals surface area contributed by atoms with Crippen LogP contribution >= 0.6 is 0 Å². The molecule has 2 aromatic carbocycles. The predicted molar refractivity (Wildman–Crippen MR) is 90.9 cm³/mol. The highest BCUT2D eigenvalue weighted by Crippen LogP contribution is 2.32. The zero-order chi connectivity index (χ0) is 14.9. The third-order valence-corrected chi connectivity index (χ3v) is 4.26. The lowest BCUT2D eigenvalue weighted by Gasteiger charge is -2.16. The van der Waals surface area contributed by atoms with Crippen molar-refractivity contribution in [3.05, 3.63) is 83.4 Å². The van der Waals surface area contributed by atoms with Gasteiger partial charge in [-0.25, -0.2) is 4.98 Å². The van der Waals surface area contributed by atoms with E-state index in [0.29, 0.717) is 0 Å². The Hall–Kier alpha value is -2.61. The molecule has 1 heterocycles. The smallest absolute Gasteiger partial charge is 0.110 e. The maximum absolute atomic E-state index is 4.77. The van der Waals surface area contributed by atoms with Crippen molar-refractivity contribution in [2.24, 2.45) is 0 Å². The van der Waals surface area contributed by atoms with E-state index in [2.05, 4.69) is 72.2 Å². The summed E-state index contributed by atoms with van der Waals surface area (Å²) in [5.74, 6) is 1.06. The van der Waals surface area contributed by atoms with Crippen molar-refractivity contribution < 1.29 is 0 Å². The van der Waals surface area contributed by atoms with Crippen molar-refractivity contribution in [3.63, 3.8) is 0 Å². The van der Waals surface area contributed by atoms with E-state index in [9.17, 15) is 0 Å². The van der Waals surface area contributed by atoms with Gasteiger partial charge in [0.15, 0.2) is 0 Å². The monoisotopic (exact) mass is 286 g/mol. The largest absolute Gasteiger partial charge is 0.297 e. The van der Waals surface area contributed by atoms with Crippen molar-refractivity contribution in [3.8, 4) is 5.69 Å². The maximum Gasteiger partial charge on any atom is 0.110 e. The molecule has 2 nitrogen and oxygen atoms in total. The summed E-state index contributed by atoms with van der Waals surface area (Å²) >= 11 is 0. The lowest BCUT2D eigenvalue weighted by Crippen LogP contribution is -2.03. The number of hydrogen-bond donors (Lipinski definition) is 0. The molecule has 0 aliphatic heterocycles. The van der Waals surface area contributed by atoms with Crippen LogP contribution in [0.2, 0.25) is 0 Å². The van der Waals surface area contributed by atoms with Crippen LogP contribution in [-0.4, -0.2) is 9.55 Å². The van der Waals surface area contributed by atoms with Crippen LogP contribution in [0.4, 0.5) is 0 Å². The van der Waals surface area contributed by atoms with E-state index in [-0.39, 0.29) is 0 Å². The number of allylic oxidation sites excluding steroid dienone is 1. The Kier molecular flexibility index (Phi) is 3.15. The number of aryl methyl sites for hydroxylation is 2. The van der Waals surface area contributed by atoms with Crippen LogP contribution in [-0.2, 0) is 6.42 Å². The molecule has 22 heavy (non-hydrogen) atoms. The van der Waals surface area contributed by atoms with E-state index in [0.717, 1.165) is 18.7 Å². The zero-order valence-electron chi connectivity index (χ0n) is 12.7. The standard InChI is InChI=1S/C20H18N2/c1-15-21-19-13-12-17(16-8-4-2-5-9-16)14-20(19)22(15)18-10-6-3-7-11-18/h2-11,14H,12-13H2,1H3. The number of rotatable bonds is 2. The molecule has 0 fully saturated rings. The van der Waals surface area contributed by atoms with E-state index < -0.39 is 0 Å². The lowest BCUT2D eigenvalue weighted by atomic mass is 9.94. The second-order valence-electron chi connectivity index (χ2n) is 5.70. The van der Waals surface area contributed by atoms with Gasteiger partial charge < -0.3 is 0 Å². The summed E-state index contributed by atoms with van der Waals surface area (Å²) in [7, 11) is 0. The van der Waals surface area contributed by atoms with Gasteiger partial charge in [-0.3, -0.25) is 4.57 Å². The Balaban J connectivity index is 1.86. The Bertz CT molecular complexity index is 827. The van der Waals surface area contributed by atoms with Crippen LogP contribution in [0.15, 0.2) is 60.7 Å². The summed E-state index contributed by atoms with van der Waals surface area (Å²) in [5, 5.41) is 0. The first kappa shape index (κ1) is 13.1. The molecule has 0 saturated heterocycles. The van der Waals surface area contributed by atoms with Crippen LogP contribution in [0.25, 0.3) is 17.3 Å². The number of benzene rings is 2. The Morgan fingerprint density at radius 2 is 1.55 bits per heavy atom. The van der Waals surface area contributed by atoms with E-state index >= 15 is 0 Å². The van der Waals surface area contributed by atoms with Gasteiger partial charge in [0.1, 0.15) is 5.82 Å². The summed E-state index contributed by atoms with van der Waals surface area (Å²) in [6, 6.07) is 21.1. The molecule has 0 radical (unpaired) electrons. The van der Waals surface area contributed by atoms with Gasteiger partial charge in [0.25, 0.3) is 0 Å². The average Bonchev–Trinajstić information content (AvgIpc) is 2.91. The number of hydrogen-bond acceptors (Lipinski definition) is 1. The van der Waals surface area contributed by atoms with Crippen molar-refractivity contribution in [2.45, 2.75) is 19.8 Å². The molecule has 1 aromatic heterocycles. The number of aromatic nitrogens is 2. The minimum Gasteiger partial charge on any atom is -0.297 e. The van der Waals surface area contributed by atoms with Crippen LogP contribution < -0.4 is 0 Å². The van der Waals surface area contributed by atoms with Crippen LogP contribution in [0.5, 0.6) is 0 Å². The number of nitrogens with zero attached hydrogens (tertiary/aromatic N) is 2. The molecule has 1 aliphatic rings. The Morgan fingerprint density at radius 3 is 2.27 bits per heavy atom. The van der Waals surface area contributed by atoms with Crippen LogP contribution in [0.3, 0.4) is 0 Å². The van der Waals surface area contributed by atoms with E-state index in [4.69, 9.17) is 4.98 Å². The first-order valence-corrected chi connectivity index (χ1v) is 7.72. The Labute approximate surface area is 130 Å². The summed E-state index contributed by atoms with van der Waals surface area (Å²) in [4.78, 5) is 4.77. The minimum atomic E-state index is 1.01. The molecule has 0 unspecified atom stereocenters. The van der Waals surface area contributed by atoms with Gasteiger partial charge in [0, 0.05) is 5.69 Å². The van der Waals surface area contributed by atoms with Crippen molar-refractivity contribution in [1.29, 1.82) is 0 Å². The van der Waals surface area contributed by atoms with Crippen LogP contribution in [0, 0.1) is 6.92 Å². The molecule has 0 atom stereocenters. The normalized spacial score (nSPS) is 13.6. The molecule has 0 N–H and O–H groups in total. The molecule has 0 amide bonds. The number of para-hydroxylation sites is 1. The fourth-order valence-electron chi connectivity index (χ4n) is 3.21. The molecule has 2 heteroatoms. The van der Waals surface area contributed by atoms with Crippen molar-refractivity contribution >= 4 is 11.6 Å². The second-order valence-corrected chi connectivity index (χ2v) is 5.70. The van der Waals surface area contributed by atoms with Gasteiger partial charge in [-0.2, -0.15) is 0 Å². The lowest BCUT2D eigenvalue weighted by molar-refractivity contribution is 0.949. The first-order chi connectivity index (χ1) is 10.8. The van der Waals surface area contributed by atoms with E-state index in [1.807, 2.05) is 6.07 Å².